The van der Waals surface area contributed by atoms with E-state index >= 15 is 0 Å². The van der Waals surface area contributed by atoms with Gasteiger partial charge in [-0.25, -0.2) is 0 Å². The van der Waals surface area contributed by atoms with Crippen LogP contribution in [0.2, 0.25) is 0 Å². The van der Waals surface area contributed by atoms with Crippen molar-refractivity contribution in [1.82, 2.24) is 5.32 Å². The number of hydrogen-bond acceptors (Lipinski definition) is 2. The van der Waals surface area contributed by atoms with Crippen LogP contribution in [0.3, 0.4) is 0 Å². The fraction of sp³-hybridized carbons (Fsp3) is 0.583. The van der Waals surface area contributed by atoms with E-state index in [1.165, 1.54) is 37.0 Å². The Balaban J connectivity index is 1.76. The molecule has 0 spiro atoms. The summed E-state index contributed by atoms with van der Waals surface area (Å²) < 4.78 is 1.92. The van der Waals surface area contributed by atoms with E-state index in [1.807, 2.05) is 6.07 Å². The van der Waals surface area contributed by atoms with E-state index in [2.05, 4.69) is 37.2 Å². The Morgan fingerprint density at radius 2 is 2.12 bits per heavy atom. The largest absolute Gasteiger partial charge is 0.351 e. The number of carbonyl (C=O) groups excluding carboxylic acids is 1. The Hall–Kier alpha value is 0.130. The Morgan fingerprint density at radius 3 is 2.71 bits per heavy atom. The lowest BCUT2D eigenvalue weighted by Gasteiger charge is -2.08. The van der Waals surface area contributed by atoms with Gasteiger partial charge in [0.2, 0.25) is 0 Å². The van der Waals surface area contributed by atoms with Gasteiger partial charge in [-0.1, -0.05) is 25.7 Å². The van der Waals surface area contributed by atoms with Crippen LogP contribution in [0, 0.1) is 5.92 Å². The molecule has 1 aliphatic rings. The van der Waals surface area contributed by atoms with Crippen molar-refractivity contribution in [3.8, 4) is 0 Å². The molecule has 1 heterocycles. The van der Waals surface area contributed by atoms with Crippen molar-refractivity contribution in [2.24, 2.45) is 5.92 Å². The van der Waals surface area contributed by atoms with Crippen molar-refractivity contribution in [3.05, 3.63) is 19.2 Å². The number of carbonyl (C=O) groups is 1. The third kappa shape index (κ3) is 3.80. The Morgan fingerprint density at radius 1 is 1.41 bits per heavy atom. The van der Waals surface area contributed by atoms with Crippen LogP contribution in [0.1, 0.15) is 41.8 Å². The van der Waals surface area contributed by atoms with Crippen molar-refractivity contribution in [3.63, 3.8) is 0 Å². The molecule has 0 radical (unpaired) electrons. The summed E-state index contributed by atoms with van der Waals surface area (Å²) in [5.74, 6) is 0.872. The average molecular weight is 381 g/mol. The van der Waals surface area contributed by atoms with Crippen molar-refractivity contribution in [1.29, 1.82) is 0 Å². The Labute approximate surface area is 122 Å². The number of rotatable bonds is 4. The minimum atomic E-state index is 0.0411. The lowest BCUT2D eigenvalue weighted by molar-refractivity contribution is 0.0955. The molecule has 1 aromatic heterocycles. The molecule has 0 atom stereocenters. The van der Waals surface area contributed by atoms with Gasteiger partial charge >= 0.3 is 0 Å². The molecule has 1 aromatic rings. The first kappa shape index (κ1) is 13.6. The summed E-state index contributed by atoms with van der Waals surface area (Å²) >= 11 is 8.25. The SMILES string of the molecule is O=C(NCCC1CCCC1)c1cc(Br)c(Br)s1. The lowest BCUT2D eigenvalue weighted by atomic mass is 10.0. The van der Waals surface area contributed by atoms with E-state index in [9.17, 15) is 4.79 Å². The zero-order valence-corrected chi connectivity index (χ0v) is 13.5. The van der Waals surface area contributed by atoms with Crippen molar-refractivity contribution >= 4 is 49.1 Å². The van der Waals surface area contributed by atoms with Gasteiger partial charge in [-0.15, -0.1) is 11.3 Å². The van der Waals surface area contributed by atoms with E-state index in [-0.39, 0.29) is 5.91 Å². The number of halogens is 2. The fourth-order valence-electron chi connectivity index (χ4n) is 2.23. The molecule has 2 rings (SSSR count). The van der Waals surface area contributed by atoms with Gasteiger partial charge in [0, 0.05) is 11.0 Å². The Bertz CT molecular complexity index is 380. The summed E-state index contributed by atoms with van der Waals surface area (Å²) in [5.41, 5.74) is 0. The Kier molecular flexibility index (Phi) is 5.06. The zero-order chi connectivity index (χ0) is 12.3. The monoisotopic (exact) mass is 379 g/mol. The summed E-state index contributed by atoms with van der Waals surface area (Å²) in [5, 5.41) is 3.00. The molecule has 17 heavy (non-hydrogen) atoms. The first-order valence-electron chi connectivity index (χ1n) is 5.90. The highest BCUT2D eigenvalue weighted by molar-refractivity contribution is 9.13. The van der Waals surface area contributed by atoms with Crippen LogP contribution in [0.15, 0.2) is 14.3 Å². The smallest absolute Gasteiger partial charge is 0.261 e. The van der Waals surface area contributed by atoms with E-state index in [4.69, 9.17) is 0 Å². The topological polar surface area (TPSA) is 29.1 Å². The maximum absolute atomic E-state index is 11.8. The van der Waals surface area contributed by atoms with Gasteiger partial charge in [-0.2, -0.15) is 0 Å². The third-order valence-corrected chi connectivity index (χ3v) is 6.44. The molecule has 0 saturated heterocycles. The lowest BCUT2D eigenvalue weighted by Crippen LogP contribution is -2.24. The van der Waals surface area contributed by atoms with Crippen molar-refractivity contribution < 1.29 is 4.79 Å². The molecule has 1 N–H and O–H groups in total. The van der Waals surface area contributed by atoms with E-state index in [1.54, 1.807) is 0 Å². The van der Waals surface area contributed by atoms with Crippen LogP contribution in [0.25, 0.3) is 0 Å². The number of nitrogens with one attached hydrogen (secondary N) is 1. The van der Waals surface area contributed by atoms with Gasteiger partial charge in [0.15, 0.2) is 0 Å². The van der Waals surface area contributed by atoms with Crippen LogP contribution < -0.4 is 5.32 Å². The molecular weight excluding hydrogens is 366 g/mol. The predicted octanol–water partition coefficient (Wildman–Crippen LogP) is 4.58. The quantitative estimate of drug-likeness (QED) is 0.813. The standard InChI is InChI=1S/C12H15Br2NOS/c13-9-7-10(17-11(9)14)12(16)15-6-5-8-3-1-2-4-8/h7-8H,1-6H2,(H,15,16). The second-order valence-electron chi connectivity index (χ2n) is 4.43. The van der Waals surface area contributed by atoms with Gasteiger partial charge in [-0.3, -0.25) is 4.79 Å². The van der Waals surface area contributed by atoms with Crippen LogP contribution in [0.4, 0.5) is 0 Å². The van der Waals surface area contributed by atoms with E-state index in [0.29, 0.717) is 0 Å². The molecule has 1 fully saturated rings. The highest BCUT2D eigenvalue weighted by atomic mass is 79.9. The number of thiophene rings is 1. The molecule has 0 unspecified atom stereocenters. The third-order valence-electron chi connectivity index (χ3n) is 3.18. The molecule has 94 valence electrons. The summed E-state index contributed by atoms with van der Waals surface area (Å²) in [6.07, 6.45) is 6.53. The summed E-state index contributed by atoms with van der Waals surface area (Å²) in [6, 6.07) is 1.86. The number of hydrogen-bond donors (Lipinski definition) is 1. The average Bonchev–Trinajstić information content (AvgIpc) is 2.90. The van der Waals surface area contributed by atoms with E-state index < -0.39 is 0 Å². The van der Waals surface area contributed by atoms with Crippen LogP contribution >= 0.6 is 43.2 Å². The van der Waals surface area contributed by atoms with Crippen LogP contribution in [-0.2, 0) is 0 Å². The number of amides is 1. The van der Waals surface area contributed by atoms with Crippen molar-refractivity contribution in [2.45, 2.75) is 32.1 Å². The van der Waals surface area contributed by atoms with Gasteiger partial charge in [0.1, 0.15) is 0 Å². The summed E-state index contributed by atoms with van der Waals surface area (Å²) in [6.45, 7) is 0.802. The first-order valence-corrected chi connectivity index (χ1v) is 8.30. The van der Waals surface area contributed by atoms with Gasteiger partial charge in [0.05, 0.1) is 8.66 Å². The molecule has 1 amide bonds. The molecule has 1 aliphatic carbocycles. The molecule has 1 saturated carbocycles. The molecule has 2 nitrogen and oxygen atoms in total. The maximum atomic E-state index is 11.8. The van der Waals surface area contributed by atoms with Gasteiger partial charge in [0.25, 0.3) is 5.91 Å². The van der Waals surface area contributed by atoms with Crippen LogP contribution in [0.5, 0.6) is 0 Å². The van der Waals surface area contributed by atoms with Crippen molar-refractivity contribution in [2.75, 3.05) is 6.54 Å². The highest BCUT2D eigenvalue weighted by Crippen LogP contribution is 2.32. The minimum Gasteiger partial charge on any atom is -0.351 e. The maximum Gasteiger partial charge on any atom is 0.261 e. The molecule has 5 heteroatoms. The normalized spacial score (nSPS) is 16.4. The molecule has 0 aromatic carbocycles. The molecule has 0 aliphatic heterocycles. The molecular formula is C12H15Br2NOS. The zero-order valence-electron chi connectivity index (χ0n) is 9.47. The highest BCUT2D eigenvalue weighted by Gasteiger charge is 2.16. The summed E-state index contributed by atoms with van der Waals surface area (Å²) in [7, 11) is 0. The second-order valence-corrected chi connectivity index (χ2v) is 7.65. The molecule has 0 bridgehead atoms. The second kappa shape index (κ2) is 6.34. The summed E-state index contributed by atoms with van der Waals surface area (Å²) in [4.78, 5) is 12.6. The van der Waals surface area contributed by atoms with Gasteiger partial charge < -0.3 is 5.32 Å². The van der Waals surface area contributed by atoms with E-state index in [0.717, 1.165) is 32.0 Å². The fourth-order valence-corrected chi connectivity index (χ4v) is 4.19. The van der Waals surface area contributed by atoms with Gasteiger partial charge in [-0.05, 0) is 50.3 Å². The van der Waals surface area contributed by atoms with Crippen LogP contribution in [-0.4, -0.2) is 12.5 Å². The first-order chi connectivity index (χ1) is 8.16. The minimum absolute atomic E-state index is 0.0411. The predicted molar refractivity (Wildman–Crippen MR) is 78.6 cm³/mol.